The number of aliphatic hydroxyl groups excluding tert-OH is 1. The van der Waals surface area contributed by atoms with Crippen LogP contribution in [0.4, 0.5) is 0 Å². The van der Waals surface area contributed by atoms with Crippen molar-refractivity contribution < 1.29 is 9.84 Å². The highest BCUT2D eigenvalue weighted by Crippen LogP contribution is 2.29. The first-order valence-corrected chi connectivity index (χ1v) is 6.09. The van der Waals surface area contributed by atoms with Crippen LogP contribution in [0, 0.1) is 0 Å². The topological polar surface area (TPSA) is 47.3 Å². The Hall–Kier alpha value is -1.33. The Morgan fingerprint density at radius 1 is 1.35 bits per heavy atom. The number of ether oxygens (including phenoxy) is 1. The second-order valence-electron chi connectivity index (χ2n) is 3.50. The molecule has 1 aromatic heterocycles. The summed E-state index contributed by atoms with van der Waals surface area (Å²) >= 11 is 3.41. The van der Waals surface area contributed by atoms with Crippen molar-refractivity contribution in [3.8, 4) is 5.75 Å². The molecule has 0 fully saturated rings. The Bertz CT molecular complexity index is 471. The molecule has 0 saturated carbocycles. The Morgan fingerprint density at radius 3 is 2.94 bits per heavy atom. The molecular weight excluding hydrogens is 284 g/mol. The lowest BCUT2D eigenvalue weighted by Crippen LogP contribution is -2.09. The zero-order valence-electron chi connectivity index (χ0n) is 9.21. The number of para-hydroxylation sites is 1. The molecule has 2 rings (SSSR count). The predicted octanol–water partition coefficient (Wildman–Crippen LogP) is 2.22. The van der Waals surface area contributed by atoms with Crippen LogP contribution in [-0.4, -0.2) is 21.5 Å². The summed E-state index contributed by atoms with van der Waals surface area (Å²) in [5, 5.41) is 13.3. The summed E-state index contributed by atoms with van der Waals surface area (Å²) in [4.78, 5) is 0. The van der Waals surface area contributed by atoms with E-state index in [2.05, 4.69) is 21.0 Å². The van der Waals surface area contributed by atoms with Gasteiger partial charge in [0.25, 0.3) is 0 Å². The van der Waals surface area contributed by atoms with Crippen molar-refractivity contribution in [3.63, 3.8) is 0 Å². The molecule has 90 valence electrons. The summed E-state index contributed by atoms with van der Waals surface area (Å²) in [6, 6.07) is 7.48. The fourth-order valence-electron chi connectivity index (χ4n) is 1.51. The quantitative estimate of drug-likeness (QED) is 0.920. The fraction of sp³-hybridized carbons (Fsp3) is 0.250. The zero-order valence-corrected chi connectivity index (χ0v) is 10.8. The van der Waals surface area contributed by atoms with Gasteiger partial charge >= 0.3 is 0 Å². The van der Waals surface area contributed by atoms with E-state index in [1.165, 1.54) is 0 Å². The normalized spacial score (nSPS) is 10.5. The van der Waals surface area contributed by atoms with E-state index in [1.807, 2.05) is 30.5 Å². The lowest BCUT2D eigenvalue weighted by molar-refractivity contribution is 0.254. The molecule has 0 atom stereocenters. The number of rotatable bonds is 5. The third-order valence-electron chi connectivity index (χ3n) is 2.34. The Balaban J connectivity index is 1.98. The number of hydrogen-bond donors (Lipinski definition) is 1. The van der Waals surface area contributed by atoms with E-state index in [9.17, 15) is 5.11 Å². The van der Waals surface area contributed by atoms with Crippen molar-refractivity contribution in [1.29, 1.82) is 0 Å². The molecule has 0 aliphatic carbocycles. The van der Waals surface area contributed by atoms with Crippen molar-refractivity contribution in [2.75, 3.05) is 6.61 Å². The van der Waals surface area contributed by atoms with Crippen LogP contribution in [0.5, 0.6) is 5.75 Å². The molecule has 0 radical (unpaired) electrons. The Kier molecular flexibility index (Phi) is 4.17. The minimum absolute atomic E-state index is 0.0312. The minimum Gasteiger partial charge on any atom is -0.490 e. The summed E-state index contributed by atoms with van der Waals surface area (Å²) in [5.41, 5.74) is 0.778. The van der Waals surface area contributed by atoms with Gasteiger partial charge in [-0.2, -0.15) is 5.10 Å². The van der Waals surface area contributed by atoms with Gasteiger partial charge in [0.1, 0.15) is 12.4 Å². The minimum atomic E-state index is -0.0312. The van der Waals surface area contributed by atoms with Crippen LogP contribution >= 0.6 is 15.9 Å². The Labute approximate surface area is 108 Å². The maximum absolute atomic E-state index is 9.21. The van der Waals surface area contributed by atoms with E-state index < -0.39 is 0 Å². The molecule has 0 saturated heterocycles. The average Bonchev–Trinajstić information content (AvgIpc) is 2.84. The van der Waals surface area contributed by atoms with Gasteiger partial charge in [0, 0.05) is 18.0 Å². The van der Waals surface area contributed by atoms with Crippen molar-refractivity contribution in [2.45, 2.75) is 13.2 Å². The largest absolute Gasteiger partial charge is 0.490 e. The van der Waals surface area contributed by atoms with E-state index in [4.69, 9.17) is 4.74 Å². The van der Waals surface area contributed by atoms with Crippen molar-refractivity contribution in [2.24, 2.45) is 0 Å². The number of halogens is 1. The highest BCUT2D eigenvalue weighted by molar-refractivity contribution is 9.10. The smallest absolute Gasteiger partial charge is 0.139 e. The molecule has 5 heteroatoms. The highest BCUT2D eigenvalue weighted by atomic mass is 79.9. The second kappa shape index (κ2) is 5.84. The number of nitrogens with zero attached hydrogens (tertiary/aromatic N) is 2. The molecule has 0 spiro atoms. The molecule has 2 aromatic rings. The van der Waals surface area contributed by atoms with Crippen molar-refractivity contribution in [3.05, 3.63) is 46.7 Å². The third-order valence-corrected chi connectivity index (χ3v) is 2.97. The number of hydrogen-bond acceptors (Lipinski definition) is 3. The van der Waals surface area contributed by atoms with Gasteiger partial charge in [-0.3, -0.25) is 4.68 Å². The maximum atomic E-state index is 9.21. The molecule has 0 amide bonds. The molecule has 17 heavy (non-hydrogen) atoms. The first-order valence-electron chi connectivity index (χ1n) is 5.29. The van der Waals surface area contributed by atoms with Crippen LogP contribution < -0.4 is 4.74 Å². The fourth-order valence-corrected chi connectivity index (χ4v) is 2.04. The summed E-state index contributed by atoms with van der Waals surface area (Å²) in [6.07, 6.45) is 3.62. The van der Waals surface area contributed by atoms with E-state index in [1.54, 1.807) is 10.9 Å². The molecular formula is C12H13BrN2O2. The van der Waals surface area contributed by atoms with Gasteiger partial charge in [-0.05, 0) is 28.1 Å². The standard InChI is InChI=1S/C12H13BrN2O2/c13-11-4-1-3-10(9-16)12(11)17-8-7-15-6-2-5-14-15/h1-6,16H,7-9H2. The van der Waals surface area contributed by atoms with E-state index in [-0.39, 0.29) is 6.61 Å². The van der Waals surface area contributed by atoms with Crippen LogP contribution in [0.25, 0.3) is 0 Å². The molecule has 0 aliphatic rings. The summed E-state index contributed by atoms with van der Waals surface area (Å²) in [7, 11) is 0. The summed E-state index contributed by atoms with van der Waals surface area (Å²) < 4.78 is 8.32. The van der Waals surface area contributed by atoms with Crippen LogP contribution in [0.3, 0.4) is 0 Å². The highest BCUT2D eigenvalue weighted by Gasteiger charge is 2.06. The van der Waals surface area contributed by atoms with Gasteiger partial charge in [0.15, 0.2) is 0 Å². The molecule has 1 N–H and O–H groups in total. The third kappa shape index (κ3) is 3.08. The first kappa shape index (κ1) is 12.1. The second-order valence-corrected chi connectivity index (χ2v) is 4.36. The average molecular weight is 297 g/mol. The molecule has 1 aromatic carbocycles. The molecule has 0 bridgehead atoms. The number of aliphatic hydroxyl groups is 1. The molecule has 0 aliphatic heterocycles. The van der Waals surface area contributed by atoms with Crippen LogP contribution in [0.2, 0.25) is 0 Å². The SMILES string of the molecule is OCc1cccc(Br)c1OCCn1cccn1. The lowest BCUT2D eigenvalue weighted by atomic mass is 10.2. The van der Waals surface area contributed by atoms with Gasteiger partial charge in [0.2, 0.25) is 0 Å². The monoisotopic (exact) mass is 296 g/mol. The van der Waals surface area contributed by atoms with Crippen LogP contribution in [0.1, 0.15) is 5.56 Å². The van der Waals surface area contributed by atoms with Crippen LogP contribution in [-0.2, 0) is 13.2 Å². The molecule has 1 heterocycles. The first-order chi connectivity index (χ1) is 8.31. The van der Waals surface area contributed by atoms with E-state index >= 15 is 0 Å². The van der Waals surface area contributed by atoms with Gasteiger partial charge in [-0.15, -0.1) is 0 Å². The van der Waals surface area contributed by atoms with Gasteiger partial charge in [-0.25, -0.2) is 0 Å². The van der Waals surface area contributed by atoms with Crippen molar-refractivity contribution in [1.82, 2.24) is 9.78 Å². The molecule has 0 unspecified atom stereocenters. The van der Waals surface area contributed by atoms with E-state index in [0.717, 1.165) is 10.0 Å². The summed E-state index contributed by atoms with van der Waals surface area (Å²) in [5.74, 6) is 0.696. The van der Waals surface area contributed by atoms with Gasteiger partial charge in [0.05, 0.1) is 17.6 Å². The zero-order chi connectivity index (χ0) is 12.1. The van der Waals surface area contributed by atoms with Gasteiger partial charge in [-0.1, -0.05) is 12.1 Å². The van der Waals surface area contributed by atoms with E-state index in [0.29, 0.717) is 18.9 Å². The number of benzene rings is 1. The Morgan fingerprint density at radius 2 is 2.24 bits per heavy atom. The van der Waals surface area contributed by atoms with Crippen LogP contribution in [0.15, 0.2) is 41.1 Å². The van der Waals surface area contributed by atoms with Gasteiger partial charge < -0.3 is 9.84 Å². The van der Waals surface area contributed by atoms with Crippen molar-refractivity contribution >= 4 is 15.9 Å². The maximum Gasteiger partial charge on any atom is 0.139 e. The predicted molar refractivity (Wildman–Crippen MR) is 67.8 cm³/mol. The summed E-state index contributed by atoms with van der Waals surface area (Å²) in [6.45, 7) is 1.16. The lowest BCUT2D eigenvalue weighted by Gasteiger charge is -2.11. The number of aromatic nitrogens is 2. The molecule has 4 nitrogen and oxygen atoms in total.